The Labute approximate surface area is 102 Å². The lowest BCUT2D eigenvalue weighted by atomic mass is 10.0. The summed E-state index contributed by atoms with van der Waals surface area (Å²) in [4.78, 5) is 2.36. The van der Waals surface area contributed by atoms with Gasteiger partial charge in [0.05, 0.1) is 0 Å². The van der Waals surface area contributed by atoms with E-state index in [4.69, 9.17) is 5.73 Å². The van der Waals surface area contributed by atoms with Gasteiger partial charge in [0.15, 0.2) is 11.5 Å². The maximum atomic E-state index is 9.53. The third-order valence-corrected chi connectivity index (χ3v) is 3.44. The molecule has 0 saturated carbocycles. The van der Waals surface area contributed by atoms with Crippen LogP contribution in [-0.4, -0.2) is 34.7 Å². The number of phenolic OH excluding ortho intramolecular Hbond substituents is 2. The van der Waals surface area contributed by atoms with E-state index in [1.165, 1.54) is 25.3 Å². The molecule has 1 heterocycles. The molecule has 0 aromatic heterocycles. The van der Waals surface area contributed by atoms with Gasteiger partial charge in [-0.15, -0.1) is 0 Å². The highest BCUT2D eigenvalue weighted by atomic mass is 16.3. The van der Waals surface area contributed by atoms with E-state index in [1.807, 2.05) is 6.07 Å². The molecule has 4 N–H and O–H groups in total. The fourth-order valence-corrected chi connectivity index (χ4v) is 2.47. The summed E-state index contributed by atoms with van der Waals surface area (Å²) in [7, 11) is 0. The number of hydrogen-bond donors (Lipinski definition) is 3. The fourth-order valence-electron chi connectivity index (χ4n) is 2.47. The quantitative estimate of drug-likeness (QED) is 0.697. The Morgan fingerprint density at radius 1 is 1.12 bits per heavy atom. The van der Waals surface area contributed by atoms with E-state index in [2.05, 4.69) is 4.90 Å². The summed E-state index contributed by atoms with van der Waals surface area (Å²) in [5.74, 6) is -0.152. The zero-order valence-corrected chi connectivity index (χ0v) is 9.97. The topological polar surface area (TPSA) is 69.7 Å². The number of phenols is 2. The number of piperidine rings is 1. The van der Waals surface area contributed by atoms with Gasteiger partial charge in [-0.3, -0.25) is 4.90 Å². The third kappa shape index (κ3) is 2.70. The maximum Gasteiger partial charge on any atom is 0.157 e. The first kappa shape index (κ1) is 12.2. The Balaban J connectivity index is 2.18. The summed E-state index contributed by atoms with van der Waals surface area (Å²) < 4.78 is 0. The van der Waals surface area contributed by atoms with Crippen LogP contribution in [0.1, 0.15) is 30.9 Å². The molecule has 0 aliphatic carbocycles. The molecule has 0 bridgehead atoms. The van der Waals surface area contributed by atoms with Crippen molar-refractivity contribution in [2.45, 2.75) is 25.3 Å². The van der Waals surface area contributed by atoms with E-state index in [9.17, 15) is 10.2 Å². The van der Waals surface area contributed by atoms with Crippen LogP contribution in [0.2, 0.25) is 0 Å². The highest BCUT2D eigenvalue weighted by molar-refractivity contribution is 5.41. The van der Waals surface area contributed by atoms with Crippen LogP contribution in [0, 0.1) is 0 Å². The first-order valence-corrected chi connectivity index (χ1v) is 6.18. The van der Waals surface area contributed by atoms with E-state index in [-0.39, 0.29) is 17.5 Å². The second-order valence-electron chi connectivity index (χ2n) is 4.60. The highest BCUT2D eigenvalue weighted by Crippen LogP contribution is 2.30. The van der Waals surface area contributed by atoms with E-state index in [0.717, 1.165) is 18.7 Å². The van der Waals surface area contributed by atoms with Crippen molar-refractivity contribution in [1.82, 2.24) is 4.90 Å². The van der Waals surface area contributed by atoms with E-state index in [0.29, 0.717) is 6.54 Å². The standard InChI is InChI=1S/C13H20N2O2/c14-9-11(15-6-2-1-3-7-15)10-4-5-12(16)13(17)8-10/h4-5,8,11,16-17H,1-3,6-7,9,14H2. The minimum atomic E-state index is -0.0804. The van der Waals surface area contributed by atoms with Crippen molar-refractivity contribution in [3.63, 3.8) is 0 Å². The fraction of sp³-hybridized carbons (Fsp3) is 0.538. The molecule has 1 aromatic carbocycles. The van der Waals surface area contributed by atoms with Gasteiger partial charge in [-0.2, -0.15) is 0 Å². The molecule has 1 aliphatic heterocycles. The predicted molar refractivity (Wildman–Crippen MR) is 67.0 cm³/mol. The summed E-state index contributed by atoms with van der Waals surface area (Å²) in [6.07, 6.45) is 3.70. The molecule has 1 saturated heterocycles. The Kier molecular flexibility index (Phi) is 3.86. The molecule has 1 aliphatic rings. The van der Waals surface area contributed by atoms with Crippen LogP contribution in [0.3, 0.4) is 0 Å². The molecule has 94 valence electrons. The molecule has 1 unspecified atom stereocenters. The lowest BCUT2D eigenvalue weighted by molar-refractivity contribution is 0.167. The van der Waals surface area contributed by atoms with Gasteiger partial charge in [0.1, 0.15) is 0 Å². The number of aromatic hydroxyl groups is 2. The summed E-state index contributed by atoms with van der Waals surface area (Å²) in [5, 5.41) is 18.8. The average molecular weight is 236 g/mol. The van der Waals surface area contributed by atoms with Gasteiger partial charge in [-0.1, -0.05) is 12.5 Å². The van der Waals surface area contributed by atoms with Gasteiger partial charge in [0.2, 0.25) is 0 Å². The number of hydrogen-bond acceptors (Lipinski definition) is 4. The Hall–Kier alpha value is -1.26. The monoisotopic (exact) mass is 236 g/mol. The first-order chi connectivity index (χ1) is 8.22. The number of likely N-dealkylation sites (tertiary alicyclic amines) is 1. The number of benzene rings is 1. The van der Waals surface area contributed by atoms with Crippen molar-refractivity contribution in [2.24, 2.45) is 5.73 Å². The normalized spacial score (nSPS) is 19.1. The minimum absolute atomic E-state index is 0.0713. The van der Waals surface area contributed by atoms with Crippen molar-refractivity contribution in [2.75, 3.05) is 19.6 Å². The van der Waals surface area contributed by atoms with Gasteiger partial charge in [0, 0.05) is 12.6 Å². The number of rotatable bonds is 3. The zero-order chi connectivity index (χ0) is 12.3. The Morgan fingerprint density at radius 3 is 2.41 bits per heavy atom. The highest BCUT2D eigenvalue weighted by Gasteiger charge is 2.21. The van der Waals surface area contributed by atoms with Crippen LogP contribution in [0.4, 0.5) is 0 Å². The van der Waals surface area contributed by atoms with E-state index >= 15 is 0 Å². The molecule has 1 atom stereocenters. The van der Waals surface area contributed by atoms with E-state index < -0.39 is 0 Å². The average Bonchev–Trinajstić information content (AvgIpc) is 2.36. The Bertz CT molecular complexity index is 376. The first-order valence-electron chi connectivity index (χ1n) is 6.18. The van der Waals surface area contributed by atoms with Crippen molar-refractivity contribution in [3.05, 3.63) is 23.8 Å². The van der Waals surface area contributed by atoms with Crippen molar-refractivity contribution < 1.29 is 10.2 Å². The summed E-state index contributed by atoms with van der Waals surface area (Å²) in [5.41, 5.74) is 6.81. The van der Waals surface area contributed by atoms with Crippen molar-refractivity contribution in [1.29, 1.82) is 0 Å². The van der Waals surface area contributed by atoms with Gasteiger partial charge >= 0.3 is 0 Å². The van der Waals surface area contributed by atoms with Gasteiger partial charge in [-0.05, 0) is 43.6 Å². The smallest absolute Gasteiger partial charge is 0.157 e. The molecule has 0 radical (unpaired) electrons. The van der Waals surface area contributed by atoms with Crippen LogP contribution in [0.25, 0.3) is 0 Å². The number of nitrogens with two attached hydrogens (primary N) is 1. The van der Waals surface area contributed by atoms with E-state index in [1.54, 1.807) is 6.07 Å². The molecule has 4 heteroatoms. The largest absolute Gasteiger partial charge is 0.504 e. The van der Waals surface area contributed by atoms with Crippen molar-refractivity contribution >= 4 is 0 Å². The molecular weight excluding hydrogens is 216 g/mol. The predicted octanol–water partition coefficient (Wildman–Crippen LogP) is 1.58. The van der Waals surface area contributed by atoms with Crippen LogP contribution in [0.15, 0.2) is 18.2 Å². The number of nitrogens with zero attached hydrogens (tertiary/aromatic N) is 1. The molecule has 4 nitrogen and oxygen atoms in total. The summed E-state index contributed by atoms with van der Waals surface area (Å²) in [6, 6.07) is 5.11. The lowest BCUT2D eigenvalue weighted by Gasteiger charge is -2.34. The molecule has 2 rings (SSSR count). The minimum Gasteiger partial charge on any atom is -0.504 e. The second kappa shape index (κ2) is 5.38. The lowest BCUT2D eigenvalue weighted by Crippen LogP contribution is -2.37. The van der Waals surface area contributed by atoms with Crippen LogP contribution in [0.5, 0.6) is 11.5 Å². The van der Waals surface area contributed by atoms with Gasteiger partial charge < -0.3 is 15.9 Å². The Morgan fingerprint density at radius 2 is 1.82 bits per heavy atom. The van der Waals surface area contributed by atoms with Crippen LogP contribution < -0.4 is 5.73 Å². The molecular formula is C13H20N2O2. The molecule has 17 heavy (non-hydrogen) atoms. The molecule has 1 fully saturated rings. The van der Waals surface area contributed by atoms with Crippen LogP contribution >= 0.6 is 0 Å². The third-order valence-electron chi connectivity index (χ3n) is 3.44. The van der Waals surface area contributed by atoms with Crippen molar-refractivity contribution in [3.8, 4) is 11.5 Å². The maximum absolute atomic E-state index is 9.53. The summed E-state index contributed by atoms with van der Waals surface area (Å²) >= 11 is 0. The SMILES string of the molecule is NCC(c1ccc(O)c(O)c1)N1CCCCC1. The molecule has 0 spiro atoms. The van der Waals surface area contributed by atoms with Crippen LogP contribution in [-0.2, 0) is 0 Å². The second-order valence-corrected chi connectivity index (χ2v) is 4.60. The summed E-state index contributed by atoms with van der Waals surface area (Å²) in [6.45, 7) is 2.65. The van der Waals surface area contributed by atoms with Gasteiger partial charge in [-0.25, -0.2) is 0 Å². The molecule has 0 amide bonds. The zero-order valence-electron chi connectivity index (χ0n) is 9.97. The van der Waals surface area contributed by atoms with Gasteiger partial charge in [0.25, 0.3) is 0 Å². The molecule has 1 aromatic rings.